The first-order chi connectivity index (χ1) is 15.9. The summed E-state index contributed by atoms with van der Waals surface area (Å²) in [6.07, 6.45) is 1.07. The quantitative estimate of drug-likeness (QED) is 0.313. The number of fused-ring (bicyclic) bond motifs is 1. The average Bonchev–Trinajstić information content (AvgIpc) is 3.44. The highest BCUT2D eigenvalue weighted by atomic mass is 32.1. The van der Waals surface area contributed by atoms with Crippen molar-refractivity contribution < 1.29 is 28.6 Å². The van der Waals surface area contributed by atoms with E-state index in [9.17, 15) is 19.1 Å². The number of hydrogen-bond donors (Lipinski definition) is 2. The molecule has 2 aromatic heterocycles. The van der Waals surface area contributed by atoms with Crippen LogP contribution in [0.5, 0.6) is 5.75 Å². The summed E-state index contributed by atoms with van der Waals surface area (Å²) in [7, 11) is 0. The highest BCUT2D eigenvalue weighted by molar-refractivity contribution is 7.21. The van der Waals surface area contributed by atoms with Crippen LogP contribution in [0, 0.1) is 5.82 Å². The molecule has 0 aliphatic rings. The summed E-state index contributed by atoms with van der Waals surface area (Å²) in [6.45, 7) is 0. The van der Waals surface area contributed by atoms with E-state index >= 15 is 0 Å². The van der Waals surface area contributed by atoms with Crippen molar-refractivity contribution in [1.29, 1.82) is 0 Å². The van der Waals surface area contributed by atoms with Crippen molar-refractivity contribution in [3.63, 3.8) is 0 Å². The number of aromatic hydroxyl groups is 1. The average molecular weight is 459 g/mol. The highest BCUT2D eigenvalue weighted by Gasteiger charge is 2.23. The third-order valence-corrected chi connectivity index (χ3v) is 6.29. The Morgan fingerprint density at radius 1 is 0.970 bits per heavy atom. The number of aromatic nitrogens is 1. The molecule has 0 bridgehead atoms. The lowest BCUT2D eigenvalue weighted by atomic mass is 9.97. The first-order valence-corrected chi connectivity index (χ1v) is 10.6. The Balaban J connectivity index is 1.64. The van der Waals surface area contributed by atoms with Gasteiger partial charge in [-0.3, -0.25) is 4.79 Å². The van der Waals surface area contributed by atoms with Crippen molar-refractivity contribution in [3.05, 3.63) is 94.9 Å². The number of benzene rings is 3. The first-order valence-electron chi connectivity index (χ1n) is 9.77. The molecule has 0 unspecified atom stereocenters. The second kappa shape index (κ2) is 7.99. The molecule has 0 saturated heterocycles. The fourth-order valence-corrected chi connectivity index (χ4v) is 4.80. The third kappa shape index (κ3) is 3.66. The van der Waals surface area contributed by atoms with Gasteiger partial charge in [0, 0.05) is 21.2 Å². The summed E-state index contributed by atoms with van der Waals surface area (Å²) < 4.78 is 20.3. The number of hydrogen-bond acceptors (Lipinski definition) is 6. The van der Waals surface area contributed by atoms with Crippen LogP contribution in [0.1, 0.15) is 25.7 Å². The molecule has 8 heteroatoms. The van der Waals surface area contributed by atoms with Crippen molar-refractivity contribution in [2.75, 3.05) is 0 Å². The number of carbonyl (C=O) groups excluding carboxylic acids is 1. The summed E-state index contributed by atoms with van der Waals surface area (Å²) in [5.41, 5.74) is 1.64. The molecule has 0 aliphatic carbocycles. The van der Waals surface area contributed by atoms with Crippen LogP contribution >= 0.6 is 11.3 Å². The van der Waals surface area contributed by atoms with E-state index in [-0.39, 0.29) is 22.9 Å². The Kier molecular flexibility index (Phi) is 4.99. The summed E-state index contributed by atoms with van der Waals surface area (Å²) in [6, 6.07) is 17.5. The Labute approximate surface area is 190 Å². The normalized spacial score (nSPS) is 11.1. The van der Waals surface area contributed by atoms with Gasteiger partial charge in [-0.05, 0) is 48.0 Å². The number of thiophene rings is 1. The minimum Gasteiger partial charge on any atom is -0.508 e. The van der Waals surface area contributed by atoms with E-state index in [0.29, 0.717) is 26.3 Å². The number of oxazole rings is 1. The topological polar surface area (TPSA) is 101 Å². The van der Waals surface area contributed by atoms with Gasteiger partial charge in [-0.1, -0.05) is 24.3 Å². The van der Waals surface area contributed by atoms with Crippen LogP contribution in [-0.2, 0) is 0 Å². The smallest absolute Gasteiger partial charge is 0.357 e. The van der Waals surface area contributed by atoms with Crippen LogP contribution in [0.3, 0.4) is 0 Å². The molecular weight excluding hydrogens is 445 g/mol. The maximum Gasteiger partial charge on any atom is 0.357 e. The van der Waals surface area contributed by atoms with Crippen LogP contribution in [0.4, 0.5) is 4.39 Å². The van der Waals surface area contributed by atoms with Crippen LogP contribution < -0.4 is 0 Å². The molecule has 3 aromatic carbocycles. The minimum atomic E-state index is -1.19. The molecule has 5 aromatic rings. The van der Waals surface area contributed by atoms with Crippen LogP contribution in [0.2, 0.25) is 0 Å². The molecule has 33 heavy (non-hydrogen) atoms. The van der Waals surface area contributed by atoms with Gasteiger partial charge >= 0.3 is 5.97 Å². The summed E-state index contributed by atoms with van der Waals surface area (Å²) in [5, 5.41) is 19.7. The molecular formula is C25H14FNO5S. The van der Waals surface area contributed by atoms with E-state index in [4.69, 9.17) is 9.52 Å². The molecule has 0 aliphatic heterocycles. The molecule has 0 radical (unpaired) electrons. The molecule has 0 spiro atoms. The molecule has 0 atom stereocenters. The molecule has 2 heterocycles. The predicted molar refractivity (Wildman–Crippen MR) is 121 cm³/mol. The standard InChI is InChI=1S/C25H14FNO5S/c26-18-4-2-1-3-16(18)22(29)23-21(17-10-9-15(28)11-20(17)33-23)13-5-7-14(8-6-13)24-27-19(12-32-24)25(30)31/h1-12,28H,(H,30,31). The van der Waals surface area contributed by atoms with Gasteiger partial charge in [0.15, 0.2) is 5.69 Å². The maximum absolute atomic E-state index is 14.4. The predicted octanol–water partition coefficient (Wildman–Crippen LogP) is 6.00. The fourth-order valence-electron chi connectivity index (χ4n) is 3.58. The van der Waals surface area contributed by atoms with E-state index in [0.717, 1.165) is 11.6 Å². The Bertz CT molecular complexity index is 1530. The Morgan fingerprint density at radius 2 is 1.70 bits per heavy atom. The minimum absolute atomic E-state index is 0.0351. The van der Waals surface area contributed by atoms with E-state index in [1.54, 1.807) is 42.5 Å². The second-order valence-corrected chi connectivity index (χ2v) is 8.27. The van der Waals surface area contributed by atoms with Gasteiger partial charge in [0.05, 0.1) is 10.4 Å². The van der Waals surface area contributed by atoms with Crippen molar-refractivity contribution in [1.82, 2.24) is 4.98 Å². The summed E-state index contributed by atoms with van der Waals surface area (Å²) >= 11 is 1.18. The molecule has 2 N–H and O–H groups in total. The Hall–Kier alpha value is -4.30. The number of carbonyl (C=O) groups is 2. The van der Waals surface area contributed by atoms with Gasteiger partial charge in [0.2, 0.25) is 11.7 Å². The van der Waals surface area contributed by atoms with E-state index in [1.165, 1.54) is 35.6 Å². The van der Waals surface area contributed by atoms with Crippen LogP contribution in [0.15, 0.2) is 77.4 Å². The maximum atomic E-state index is 14.4. The zero-order valence-electron chi connectivity index (χ0n) is 16.8. The van der Waals surface area contributed by atoms with E-state index in [2.05, 4.69) is 4.98 Å². The van der Waals surface area contributed by atoms with Crippen LogP contribution in [0.25, 0.3) is 32.7 Å². The van der Waals surface area contributed by atoms with Crippen molar-refractivity contribution in [2.45, 2.75) is 0 Å². The van der Waals surface area contributed by atoms with Crippen molar-refractivity contribution >= 4 is 33.2 Å². The van der Waals surface area contributed by atoms with Crippen LogP contribution in [-0.4, -0.2) is 26.9 Å². The number of nitrogens with zero attached hydrogens (tertiary/aromatic N) is 1. The third-order valence-electron chi connectivity index (χ3n) is 5.14. The number of ketones is 1. The number of rotatable bonds is 5. The van der Waals surface area contributed by atoms with E-state index in [1.807, 2.05) is 0 Å². The molecule has 6 nitrogen and oxygen atoms in total. The molecule has 5 rings (SSSR count). The molecule has 162 valence electrons. The molecule has 0 fully saturated rings. The monoisotopic (exact) mass is 459 g/mol. The second-order valence-electron chi connectivity index (χ2n) is 7.22. The van der Waals surface area contributed by atoms with E-state index < -0.39 is 17.6 Å². The zero-order chi connectivity index (χ0) is 23.1. The van der Waals surface area contributed by atoms with Gasteiger partial charge in [-0.25, -0.2) is 14.2 Å². The van der Waals surface area contributed by atoms with Gasteiger partial charge in [0.1, 0.15) is 17.8 Å². The summed E-state index contributed by atoms with van der Waals surface area (Å²) in [5.74, 6) is -2.03. The number of aromatic carboxylic acids is 1. The fraction of sp³-hybridized carbons (Fsp3) is 0. The lowest BCUT2D eigenvalue weighted by Crippen LogP contribution is -2.03. The van der Waals surface area contributed by atoms with Gasteiger partial charge in [-0.2, -0.15) is 0 Å². The number of carboxylic acid groups (broad SMARTS) is 1. The van der Waals surface area contributed by atoms with Crippen molar-refractivity contribution in [2.24, 2.45) is 0 Å². The lowest BCUT2D eigenvalue weighted by molar-refractivity contribution is 0.0690. The molecule has 0 saturated carbocycles. The van der Waals surface area contributed by atoms with Gasteiger partial charge < -0.3 is 14.6 Å². The first kappa shape index (κ1) is 20.6. The van der Waals surface area contributed by atoms with Gasteiger partial charge in [-0.15, -0.1) is 11.3 Å². The number of halogens is 1. The van der Waals surface area contributed by atoms with Crippen molar-refractivity contribution in [3.8, 4) is 28.3 Å². The summed E-state index contributed by atoms with van der Waals surface area (Å²) in [4.78, 5) is 28.6. The lowest BCUT2D eigenvalue weighted by Gasteiger charge is -2.07. The Morgan fingerprint density at radius 3 is 2.39 bits per heavy atom. The SMILES string of the molecule is O=C(O)c1coc(-c2ccc(-c3c(C(=O)c4ccccc4F)sc4cc(O)ccc34)cc2)n1. The number of phenolic OH excluding ortho intramolecular Hbond substituents is 1. The largest absolute Gasteiger partial charge is 0.508 e. The molecule has 0 amide bonds. The number of phenols is 1. The zero-order valence-corrected chi connectivity index (χ0v) is 17.6. The van der Waals surface area contributed by atoms with Gasteiger partial charge in [0.25, 0.3) is 0 Å². The number of carboxylic acids is 1. The highest BCUT2D eigenvalue weighted by Crippen LogP contribution is 2.41.